The molecule has 0 spiro atoms. The number of halogens is 1. The lowest BCUT2D eigenvalue weighted by Gasteiger charge is -2.45. The molecule has 0 aromatic rings. The summed E-state index contributed by atoms with van der Waals surface area (Å²) in [5.41, 5.74) is 1.89. The number of nitrogens with one attached hydrogen (secondary N) is 1. The Kier molecular flexibility index (Phi) is 5.10. The summed E-state index contributed by atoms with van der Waals surface area (Å²) in [7, 11) is 0. The zero-order valence-electron chi connectivity index (χ0n) is 10.1. The predicted molar refractivity (Wildman–Crippen MR) is 67.3 cm³/mol. The quantitative estimate of drug-likeness (QED) is 0.799. The lowest BCUT2D eigenvalue weighted by atomic mass is 9.93. The smallest absolute Gasteiger partial charge is 0.0278 e. The maximum atomic E-state index is 5.59. The molecule has 1 N–H and O–H groups in total. The molecule has 2 atom stereocenters. The third-order valence-electron chi connectivity index (χ3n) is 3.51. The van der Waals surface area contributed by atoms with E-state index in [0.717, 1.165) is 19.6 Å². The summed E-state index contributed by atoms with van der Waals surface area (Å²) in [5.74, 6) is 0. The van der Waals surface area contributed by atoms with Crippen LogP contribution in [0.5, 0.6) is 0 Å². The fourth-order valence-electron chi connectivity index (χ4n) is 2.15. The van der Waals surface area contributed by atoms with Crippen molar-refractivity contribution in [2.24, 2.45) is 0 Å². The molecule has 1 fully saturated rings. The number of hydrogen-bond donors (Lipinski definition) is 1. The minimum atomic E-state index is 0.270. The van der Waals surface area contributed by atoms with Crippen LogP contribution in [0.2, 0.25) is 0 Å². The first-order valence-electron chi connectivity index (χ1n) is 5.89. The fourth-order valence-corrected chi connectivity index (χ4v) is 2.23. The molecule has 0 amide bonds. The van der Waals surface area contributed by atoms with E-state index in [1.54, 1.807) is 5.54 Å². The van der Waals surface area contributed by atoms with Crippen LogP contribution in [0.4, 0.5) is 0 Å². The van der Waals surface area contributed by atoms with Crippen molar-refractivity contribution in [2.75, 3.05) is 19.6 Å². The number of rotatable bonds is 4. The highest BCUT2D eigenvalue weighted by Crippen LogP contribution is 2.20. The molecule has 2 unspecified atom stereocenters. The normalized spacial score (nSPS) is 33.7. The summed E-state index contributed by atoms with van der Waals surface area (Å²) in [5, 5.41) is 3.65. The van der Waals surface area contributed by atoms with Gasteiger partial charge >= 0.3 is 0 Å². The van der Waals surface area contributed by atoms with Gasteiger partial charge in [0.1, 0.15) is 0 Å². The topological polar surface area (TPSA) is 15.3 Å². The molecule has 15 heavy (non-hydrogen) atoms. The van der Waals surface area contributed by atoms with Gasteiger partial charge in [0.15, 0.2) is 0 Å². The van der Waals surface area contributed by atoms with Crippen molar-refractivity contribution in [2.45, 2.75) is 45.2 Å². The summed E-state index contributed by atoms with van der Waals surface area (Å²) in [4.78, 5) is 2.53. The van der Waals surface area contributed by atoms with Crippen LogP contribution in [0.3, 0.4) is 0 Å². The lowest BCUT2D eigenvalue weighted by Crippen LogP contribution is -2.62. The summed E-state index contributed by atoms with van der Waals surface area (Å²) >= 11 is 5.59. The second-order valence-electron chi connectivity index (χ2n) is 4.65. The van der Waals surface area contributed by atoms with Gasteiger partial charge in [-0.15, -0.1) is 0 Å². The molecule has 1 aliphatic rings. The maximum Gasteiger partial charge on any atom is 0.0278 e. The van der Waals surface area contributed by atoms with Gasteiger partial charge in [-0.2, -0.15) is 0 Å². The molecule has 0 saturated carbocycles. The van der Waals surface area contributed by atoms with E-state index in [1.807, 2.05) is 6.08 Å². The van der Waals surface area contributed by atoms with E-state index in [9.17, 15) is 0 Å². The van der Waals surface area contributed by atoms with Gasteiger partial charge in [0.05, 0.1) is 0 Å². The third-order valence-corrected chi connectivity index (χ3v) is 3.69. The molecule has 1 saturated heterocycles. The first-order chi connectivity index (χ1) is 7.15. The van der Waals surface area contributed by atoms with Crippen molar-refractivity contribution in [3.63, 3.8) is 0 Å². The second-order valence-corrected chi connectivity index (χ2v) is 4.90. The Morgan fingerprint density at radius 2 is 2.27 bits per heavy atom. The molecule has 3 heteroatoms. The van der Waals surface area contributed by atoms with Gasteiger partial charge < -0.3 is 5.32 Å². The fraction of sp³-hybridized carbons (Fsp3) is 0.833. The van der Waals surface area contributed by atoms with Gasteiger partial charge in [-0.1, -0.05) is 31.5 Å². The molecule has 1 heterocycles. The lowest BCUT2D eigenvalue weighted by molar-refractivity contribution is 0.0933. The van der Waals surface area contributed by atoms with Crippen molar-refractivity contribution in [3.05, 3.63) is 11.6 Å². The predicted octanol–water partition coefficient (Wildman–Crippen LogP) is 2.59. The zero-order valence-corrected chi connectivity index (χ0v) is 10.8. The summed E-state index contributed by atoms with van der Waals surface area (Å²) < 4.78 is 0. The first-order valence-corrected chi connectivity index (χ1v) is 6.33. The third kappa shape index (κ3) is 3.47. The highest BCUT2D eigenvalue weighted by Gasteiger charge is 2.32. The maximum absolute atomic E-state index is 5.59. The highest BCUT2D eigenvalue weighted by molar-refractivity contribution is 6.25. The van der Waals surface area contributed by atoms with E-state index in [-0.39, 0.29) is 5.54 Å². The largest absolute Gasteiger partial charge is 0.309 e. The Labute approximate surface area is 98.7 Å². The molecule has 0 radical (unpaired) electrons. The zero-order chi connectivity index (χ0) is 11.3. The van der Waals surface area contributed by atoms with Crippen molar-refractivity contribution in [1.82, 2.24) is 10.2 Å². The first kappa shape index (κ1) is 13.0. The van der Waals surface area contributed by atoms with Gasteiger partial charge in [0, 0.05) is 36.8 Å². The van der Waals surface area contributed by atoms with Crippen molar-refractivity contribution < 1.29 is 0 Å². The number of piperazine rings is 1. The van der Waals surface area contributed by atoms with Gasteiger partial charge in [-0.3, -0.25) is 4.90 Å². The van der Waals surface area contributed by atoms with Crippen LogP contribution in [0, 0.1) is 0 Å². The minimum Gasteiger partial charge on any atom is -0.309 e. The summed E-state index contributed by atoms with van der Waals surface area (Å²) in [6.07, 6.45) is 4.40. The van der Waals surface area contributed by atoms with Crippen molar-refractivity contribution in [1.29, 1.82) is 0 Å². The monoisotopic (exact) mass is 230 g/mol. The van der Waals surface area contributed by atoms with Gasteiger partial charge in [-0.05, 0) is 19.8 Å². The van der Waals surface area contributed by atoms with Gasteiger partial charge in [-0.25, -0.2) is 0 Å². The minimum absolute atomic E-state index is 0.270. The van der Waals surface area contributed by atoms with Gasteiger partial charge in [0.25, 0.3) is 0 Å². The van der Waals surface area contributed by atoms with Crippen molar-refractivity contribution >= 4 is 11.6 Å². The van der Waals surface area contributed by atoms with E-state index in [0.29, 0.717) is 6.04 Å². The molecular weight excluding hydrogens is 208 g/mol. The van der Waals surface area contributed by atoms with Crippen LogP contribution >= 0.6 is 11.6 Å². The van der Waals surface area contributed by atoms with Crippen LogP contribution in [0.1, 0.15) is 33.6 Å². The average Bonchev–Trinajstić information content (AvgIpc) is 2.26. The van der Waals surface area contributed by atoms with E-state index >= 15 is 0 Å². The van der Waals surface area contributed by atoms with Crippen molar-refractivity contribution in [3.8, 4) is 0 Å². The Bertz CT molecular complexity index is 218. The molecule has 0 aliphatic carbocycles. The van der Waals surface area contributed by atoms with Crippen LogP contribution in [-0.2, 0) is 0 Å². The average molecular weight is 231 g/mol. The number of hydrogen-bond acceptors (Lipinski definition) is 2. The highest BCUT2D eigenvalue weighted by atomic mass is 35.5. The van der Waals surface area contributed by atoms with Gasteiger partial charge in [0.2, 0.25) is 0 Å². The van der Waals surface area contributed by atoms with Crippen LogP contribution in [0.25, 0.3) is 0 Å². The molecule has 1 aliphatic heterocycles. The molecule has 0 aromatic carbocycles. The van der Waals surface area contributed by atoms with Crippen LogP contribution < -0.4 is 5.32 Å². The van der Waals surface area contributed by atoms with E-state index in [2.05, 4.69) is 31.0 Å². The summed E-state index contributed by atoms with van der Waals surface area (Å²) in [6.45, 7) is 9.98. The van der Waals surface area contributed by atoms with E-state index in [4.69, 9.17) is 11.6 Å². The standard InChI is InChI=1S/C12H23ClN2/c1-4-11-9-14-12(3,5-2)10-15(11)8-6-7-13/h6-7,11,14H,4-5,8-10H2,1-3H3/b7-6+. The van der Waals surface area contributed by atoms with E-state index < -0.39 is 0 Å². The Hall–Kier alpha value is -0.0500. The molecule has 0 bridgehead atoms. The molecule has 1 rings (SSSR count). The Morgan fingerprint density at radius 3 is 2.80 bits per heavy atom. The second kappa shape index (κ2) is 5.88. The molecule has 88 valence electrons. The van der Waals surface area contributed by atoms with E-state index in [1.165, 1.54) is 12.8 Å². The SMILES string of the molecule is CCC1CNC(C)(CC)CN1C/C=C/Cl. The van der Waals surface area contributed by atoms with Crippen LogP contribution in [-0.4, -0.2) is 36.1 Å². The van der Waals surface area contributed by atoms with Crippen LogP contribution in [0.15, 0.2) is 11.6 Å². The summed E-state index contributed by atoms with van der Waals surface area (Å²) in [6, 6.07) is 0.650. The molecular formula is C12H23ClN2. The number of nitrogens with zero attached hydrogens (tertiary/aromatic N) is 1. The molecule has 0 aromatic heterocycles. The molecule has 2 nitrogen and oxygen atoms in total. The Balaban J connectivity index is 2.60. The Morgan fingerprint density at radius 1 is 1.53 bits per heavy atom.